The number of nitrogens with zero attached hydrogens (tertiary/aromatic N) is 3. The molecule has 5 amide bonds. The van der Waals surface area contributed by atoms with E-state index in [1.165, 1.54) is 14.2 Å². The van der Waals surface area contributed by atoms with Crippen LogP contribution in [0.15, 0.2) is 79.0 Å². The van der Waals surface area contributed by atoms with Gasteiger partial charge in [0.2, 0.25) is 17.7 Å². The van der Waals surface area contributed by atoms with Gasteiger partial charge in [0.25, 0.3) is 0 Å². The fraction of sp³-hybridized carbons (Fsp3) is 0.366. The van der Waals surface area contributed by atoms with Gasteiger partial charge in [-0.25, -0.2) is 14.6 Å². The molecular weight excluding hydrogens is 702 g/mol. The number of carbonyl (C=O) groups excluding carboxylic acids is 5. The number of hydrogen-bond donors (Lipinski definition) is 4. The van der Waals surface area contributed by atoms with Crippen LogP contribution in [0.4, 0.5) is 15.3 Å². The first-order chi connectivity index (χ1) is 26.6. The Morgan fingerprint density at radius 1 is 0.800 bits per heavy atom. The van der Waals surface area contributed by atoms with Crippen LogP contribution in [-0.4, -0.2) is 95.6 Å². The lowest BCUT2D eigenvalue weighted by Gasteiger charge is -2.30. The van der Waals surface area contributed by atoms with Crippen LogP contribution in [0.25, 0.3) is 33.5 Å². The van der Waals surface area contributed by atoms with E-state index in [1.807, 2.05) is 62.4 Å². The third kappa shape index (κ3) is 8.97. The summed E-state index contributed by atoms with van der Waals surface area (Å²) in [5.41, 5.74) is 6.42. The number of aromatic nitrogens is 2. The fourth-order valence-corrected chi connectivity index (χ4v) is 7.20. The molecule has 14 heteroatoms. The Morgan fingerprint density at radius 3 is 2.07 bits per heavy atom. The van der Waals surface area contributed by atoms with Gasteiger partial charge in [-0.3, -0.25) is 14.4 Å². The molecule has 4 N–H and O–H groups in total. The van der Waals surface area contributed by atoms with E-state index in [0.717, 1.165) is 46.4 Å². The normalized spacial score (nSPS) is 17.1. The number of anilines is 1. The molecule has 4 aromatic rings. The SMILES string of the molecule is COC(=O)NCC(=O)N1CCC[C@H]1c1ncc(-c2ccc(-c3ccc(-c4cccc(NC(=O)[C@@H]5CCCN5C(=O)[C@@H](NC(=O)OC)C(C)C)c4)cc3)cc2)[nH]1. The van der Waals surface area contributed by atoms with Gasteiger partial charge in [-0.2, -0.15) is 0 Å². The quantitative estimate of drug-likeness (QED) is 0.150. The van der Waals surface area contributed by atoms with Crippen LogP contribution in [0.2, 0.25) is 0 Å². The molecule has 0 saturated carbocycles. The highest BCUT2D eigenvalue weighted by molar-refractivity contribution is 5.99. The number of H-pyrrole nitrogens is 1. The Morgan fingerprint density at radius 2 is 1.42 bits per heavy atom. The van der Waals surface area contributed by atoms with E-state index in [4.69, 9.17) is 4.74 Å². The molecule has 3 aromatic carbocycles. The number of rotatable bonds is 11. The number of imidazole rings is 1. The van der Waals surface area contributed by atoms with Gasteiger partial charge >= 0.3 is 12.2 Å². The lowest BCUT2D eigenvalue weighted by molar-refractivity contribution is -0.139. The Kier molecular flexibility index (Phi) is 12.1. The van der Waals surface area contributed by atoms with E-state index < -0.39 is 24.3 Å². The van der Waals surface area contributed by atoms with Gasteiger partial charge in [-0.15, -0.1) is 0 Å². The summed E-state index contributed by atoms with van der Waals surface area (Å²) in [5, 5.41) is 8.07. The number of alkyl carbamates (subject to hydrolysis) is 2. The maximum absolute atomic E-state index is 13.5. The van der Waals surface area contributed by atoms with Gasteiger partial charge in [0.1, 0.15) is 24.5 Å². The van der Waals surface area contributed by atoms with E-state index in [-0.39, 0.29) is 36.2 Å². The minimum absolute atomic E-state index is 0.132. The Hall–Kier alpha value is -6.18. The molecule has 2 fully saturated rings. The lowest BCUT2D eigenvalue weighted by atomic mass is 9.99. The zero-order valence-corrected chi connectivity index (χ0v) is 31.5. The molecule has 0 bridgehead atoms. The van der Waals surface area contributed by atoms with Crippen LogP contribution >= 0.6 is 0 Å². The standard InChI is InChI=1S/C41H47N7O7/c1-25(2)36(46-41(53)55-4)39(51)48-21-7-11-34(48)38(50)44-31-9-5-8-30(22-31)28-14-12-26(13-15-28)27-16-18-29(19-17-27)32-23-42-37(45-32)33-10-6-20-47(33)35(49)24-43-40(52)54-3/h5,8-9,12-19,22-23,25,33-34,36H,6-7,10-11,20-21,24H2,1-4H3,(H,42,45)(H,43,52)(H,44,50)(H,46,53)/t33-,34-,36-/m0/s1. The highest BCUT2D eigenvalue weighted by Crippen LogP contribution is 2.33. The van der Waals surface area contributed by atoms with Gasteiger partial charge < -0.3 is 40.2 Å². The van der Waals surface area contributed by atoms with Crippen LogP contribution in [0, 0.1) is 5.92 Å². The molecule has 6 rings (SSSR count). The molecule has 0 radical (unpaired) electrons. The number of amides is 5. The average molecular weight is 750 g/mol. The zero-order valence-electron chi connectivity index (χ0n) is 31.5. The summed E-state index contributed by atoms with van der Waals surface area (Å²) >= 11 is 0. The van der Waals surface area contributed by atoms with Crippen molar-refractivity contribution in [2.45, 2.75) is 57.7 Å². The molecule has 3 atom stereocenters. The van der Waals surface area contributed by atoms with E-state index in [2.05, 4.69) is 54.9 Å². The van der Waals surface area contributed by atoms with Gasteiger partial charge in [-0.05, 0) is 71.6 Å². The van der Waals surface area contributed by atoms with Crippen molar-refractivity contribution in [1.29, 1.82) is 0 Å². The molecule has 14 nitrogen and oxygen atoms in total. The Balaban J connectivity index is 1.08. The van der Waals surface area contributed by atoms with Crippen molar-refractivity contribution in [1.82, 2.24) is 30.4 Å². The summed E-state index contributed by atoms with van der Waals surface area (Å²) in [7, 11) is 2.51. The summed E-state index contributed by atoms with van der Waals surface area (Å²) in [6.07, 6.45) is 3.30. The van der Waals surface area contributed by atoms with Crippen molar-refractivity contribution < 1.29 is 33.4 Å². The van der Waals surface area contributed by atoms with Crippen LogP contribution < -0.4 is 16.0 Å². The first kappa shape index (κ1) is 38.5. The highest BCUT2D eigenvalue weighted by Gasteiger charge is 2.39. The summed E-state index contributed by atoms with van der Waals surface area (Å²) in [6.45, 7) is 4.58. The second-order valence-corrected chi connectivity index (χ2v) is 14.0. The molecule has 0 spiro atoms. The number of hydrogen-bond acceptors (Lipinski definition) is 8. The van der Waals surface area contributed by atoms with Gasteiger partial charge in [-0.1, -0.05) is 74.5 Å². The minimum Gasteiger partial charge on any atom is -0.453 e. The maximum atomic E-state index is 13.5. The van der Waals surface area contributed by atoms with E-state index in [0.29, 0.717) is 37.4 Å². The van der Waals surface area contributed by atoms with Gasteiger partial charge in [0.15, 0.2) is 0 Å². The van der Waals surface area contributed by atoms with Crippen molar-refractivity contribution in [3.63, 3.8) is 0 Å². The number of benzene rings is 3. The number of ether oxygens (including phenoxy) is 2. The van der Waals surface area contributed by atoms with Crippen LogP contribution in [0.3, 0.4) is 0 Å². The molecule has 2 aliphatic heterocycles. The molecule has 0 aliphatic carbocycles. The predicted molar refractivity (Wildman–Crippen MR) is 207 cm³/mol. The molecule has 1 aromatic heterocycles. The predicted octanol–water partition coefficient (Wildman–Crippen LogP) is 5.74. The lowest BCUT2D eigenvalue weighted by Crippen LogP contribution is -2.54. The van der Waals surface area contributed by atoms with Crippen LogP contribution in [-0.2, 0) is 23.9 Å². The summed E-state index contributed by atoms with van der Waals surface area (Å²) < 4.78 is 9.28. The first-order valence-electron chi connectivity index (χ1n) is 18.5. The van der Waals surface area contributed by atoms with E-state index >= 15 is 0 Å². The molecule has 0 unspecified atom stereocenters. The number of methoxy groups -OCH3 is 2. The van der Waals surface area contributed by atoms with Crippen molar-refractivity contribution in [3.8, 4) is 33.5 Å². The van der Waals surface area contributed by atoms with Crippen molar-refractivity contribution >= 4 is 35.6 Å². The summed E-state index contributed by atoms with van der Waals surface area (Å²) in [5.74, 6) is -0.230. The average Bonchev–Trinajstić information content (AvgIpc) is 4.00. The second-order valence-electron chi connectivity index (χ2n) is 14.0. The maximum Gasteiger partial charge on any atom is 0.407 e. The Bertz CT molecular complexity index is 2010. The fourth-order valence-electron chi connectivity index (χ4n) is 7.20. The number of likely N-dealkylation sites (tertiary alicyclic amines) is 2. The summed E-state index contributed by atoms with van der Waals surface area (Å²) in [6, 6.07) is 22.3. The largest absolute Gasteiger partial charge is 0.453 e. The molecule has 55 heavy (non-hydrogen) atoms. The Labute approximate surface area is 320 Å². The molecule has 3 heterocycles. The third-order valence-electron chi connectivity index (χ3n) is 10.2. The topological polar surface area (TPSA) is 175 Å². The second kappa shape index (κ2) is 17.3. The monoisotopic (exact) mass is 749 g/mol. The van der Waals surface area contributed by atoms with Gasteiger partial charge in [0.05, 0.1) is 32.2 Å². The van der Waals surface area contributed by atoms with E-state index in [9.17, 15) is 24.0 Å². The van der Waals surface area contributed by atoms with Crippen molar-refractivity contribution in [3.05, 3.63) is 84.8 Å². The van der Waals surface area contributed by atoms with Crippen molar-refractivity contribution in [2.75, 3.05) is 39.2 Å². The van der Waals surface area contributed by atoms with E-state index in [1.54, 1.807) is 16.0 Å². The minimum atomic E-state index is -0.798. The zero-order chi connectivity index (χ0) is 39.1. The summed E-state index contributed by atoms with van der Waals surface area (Å²) in [4.78, 5) is 74.2. The molecule has 2 aliphatic rings. The molecule has 288 valence electrons. The number of carbonyl (C=O) groups is 5. The van der Waals surface area contributed by atoms with Crippen molar-refractivity contribution in [2.24, 2.45) is 5.92 Å². The number of aromatic amines is 1. The first-order valence-corrected chi connectivity index (χ1v) is 18.5. The third-order valence-corrected chi connectivity index (χ3v) is 10.2. The molecule has 2 saturated heterocycles. The highest BCUT2D eigenvalue weighted by atomic mass is 16.5. The smallest absolute Gasteiger partial charge is 0.407 e. The number of nitrogens with one attached hydrogen (secondary N) is 4. The molecular formula is C41H47N7O7. The van der Waals surface area contributed by atoms with Crippen LogP contribution in [0.5, 0.6) is 0 Å². The van der Waals surface area contributed by atoms with Gasteiger partial charge in [0, 0.05) is 18.8 Å². The van der Waals surface area contributed by atoms with Crippen LogP contribution in [0.1, 0.15) is 51.4 Å².